The number of anilines is 1. The van der Waals surface area contributed by atoms with Crippen LogP contribution in [-0.4, -0.2) is 37.1 Å². The molecule has 0 aliphatic rings. The molecule has 0 aliphatic carbocycles. The quantitative estimate of drug-likeness (QED) is 0.368. The van der Waals surface area contributed by atoms with E-state index in [4.69, 9.17) is 32.7 Å². The van der Waals surface area contributed by atoms with Crippen LogP contribution in [0.25, 0.3) is 0 Å². The van der Waals surface area contributed by atoms with E-state index in [0.717, 1.165) is 17.4 Å². The first kappa shape index (κ1) is 26.5. The van der Waals surface area contributed by atoms with E-state index in [1.54, 1.807) is 18.2 Å². The molecule has 184 valence electrons. The first-order valence-corrected chi connectivity index (χ1v) is 13.3. The second-order valence-corrected chi connectivity index (χ2v) is 10.7. The van der Waals surface area contributed by atoms with Crippen molar-refractivity contribution in [3.8, 4) is 17.6 Å². The summed E-state index contributed by atoms with van der Waals surface area (Å²) in [6, 6.07) is 14.8. The monoisotopic (exact) mass is 534 g/mol. The van der Waals surface area contributed by atoms with E-state index in [1.807, 2.05) is 38.1 Å². The molecule has 2 aromatic carbocycles. The number of benzene rings is 2. The Bertz CT molecular complexity index is 1360. The Morgan fingerprint density at radius 1 is 1.17 bits per heavy atom. The van der Waals surface area contributed by atoms with Crippen molar-refractivity contribution in [1.29, 1.82) is 5.26 Å². The minimum atomic E-state index is -3.50. The van der Waals surface area contributed by atoms with Crippen LogP contribution in [0, 0.1) is 11.3 Å². The summed E-state index contributed by atoms with van der Waals surface area (Å²) in [5, 5.41) is 9.98. The summed E-state index contributed by atoms with van der Waals surface area (Å²) >= 11 is 12.2. The van der Waals surface area contributed by atoms with Crippen LogP contribution in [0.2, 0.25) is 5.02 Å². The minimum Gasteiger partial charge on any atom is -0.489 e. The molecule has 0 spiro atoms. The van der Waals surface area contributed by atoms with E-state index in [1.165, 1.54) is 6.20 Å². The molecule has 3 rings (SSSR count). The molecule has 1 N–H and O–H groups in total. The molecule has 0 bridgehead atoms. The van der Waals surface area contributed by atoms with Crippen LogP contribution in [-0.2, 0) is 22.0 Å². The van der Waals surface area contributed by atoms with Crippen LogP contribution in [0.1, 0.15) is 36.2 Å². The van der Waals surface area contributed by atoms with Gasteiger partial charge < -0.3 is 9.47 Å². The number of ether oxygens (including phenoxy) is 2. The highest BCUT2D eigenvalue weighted by molar-refractivity contribution is 7.91. The van der Waals surface area contributed by atoms with E-state index < -0.39 is 15.4 Å². The number of sulfonamides is 1. The average molecular weight is 535 g/mol. The molecule has 35 heavy (non-hydrogen) atoms. The predicted octanol–water partition coefficient (Wildman–Crippen LogP) is 4.90. The van der Waals surface area contributed by atoms with Crippen molar-refractivity contribution in [1.82, 2.24) is 9.97 Å². The van der Waals surface area contributed by atoms with Crippen LogP contribution in [0.3, 0.4) is 0 Å². The molecule has 0 fully saturated rings. The largest absolute Gasteiger partial charge is 0.489 e. The molecule has 0 atom stereocenters. The van der Waals surface area contributed by atoms with Gasteiger partial charge in [-0.25, -0.2) is 18.4 Å². The fourth-order valence-electron chi connectivity index (χ4n) is 3.43. The molecule has 0 aliphatic heterocycles. The molecule has 3 aromatic rings. The van der Waals surface area contributed by atoms with Gasteiger partial charge in [-0.1, -0.05) is 43.6 Å². The Morgan fingerprint density at radius 3 is 2.60 bits per heavy atom. The van der Waals surface area contributed by atoms with Crippen LogP contribution >= 0.6 is 23.2 Å². The van der Waals surface area contributed by atoms with Crippen molar-refractivity contribution >= 4 is 39.2 Å². The number of rotatable bonds is 10. The lowest BCUT2D eigenvalue weighted by Crippen LogP contribution is -2.21. The molecule has 0 amide bonds. The topological polar surface area (TPSA) is 114 Å². The highest BCUT2D eigenvalue weighted by atomic mass is 35.5. The number of nitrogens with zero attached hydrogens (tertiary/aromatic N) is 3. The highest BCUT2D eigenvalue weighted by Crippen LogP contribution is 2.41. The van der Waals surface area contributed by atoms with Gasteiger partial charge in [-0.05, 0) is 29.8 Å². The molecule has 0 saturated heterocycles. The molecular weight excluding hydrogens is 511 g/mol. The minimum absolute atomic E-state index is 0.0302. The van der Waals surface area contributed by atoms with Crippen LogP contribution in [0.5, 0.6) is 11.5 Å². The molecule has 11 heteroatoms. The number of hydrogen-bond acceptors (Lipinski definition) is 7. The smallest absolute Gasteiger partial charge is 0.236 e. The first-order chi connectivity index (χ1) is 16.5. The van der Waals surface area contributed by atoms with Crippen molar-refractivity contribution in [3.63, 3.8) is 0 Å². The third kappa shape index (κ3) is 6.75. The number of nitriles is 1. The zero-order valence-corrected chi connectivity index (χ0v) is 21.7. The summed E-state index contributed by atoms with van der Waals surface area (Å²) in [5.41, 5.74) is 1.88. The highest BCUT2D eigenvalue weighted by Gasteiger charge is 2.29. The average Bonchev–Trinajstić information content (AvgIpc) is 2.80. The Hall–Kier alpha value is -3.06. The zero-order chi connectivity index (χ0) is 25.6. The van der Waals surface area contributed by atoms with Crippen LogP contribution < -0.4 is 14.2 Å². The maximum atomic E-state index is 11.5. The summed E-state index contributed by atoms with van der Waals surface area (Å²) < 4.78 is 36.8. The van der Waals surface area contributed by atoms with Crippen molar-refractivity contribution in [3.05, 3.63) is 76.1 Å². The molecule has 1 heterocycles. The van der Waals surface area contributed by atoms with E-state index in [9.17, 15) is 13.7 Å². The van der Waals surface area contributed by atoms with Crippen LogP contribution in [0.15, 0.2) is 48.7 Å². The van der Waals surface area contributed by atoms with E-state index in [0.29, 0.717) is 27.8 Å². The van der Waals surface area contributed by atoms with E-state index in [2.05, 4.69) is 20.8 Å². The van der Waals surface area contributed by atoms with Gasteiger partial charge in [0.2, 0.25) is 16.0 Å². The Kier molecular flexibility index (Phi) is 8.43. The Labute approximate surface area is 214 Å². The predicted molar refractivity (Wildman–Crippen MR) is 136 cm³/mol. The van der Waals surface area contributed by atoms with Crippen molar-refractivity contribution < 1.29 is 17.9 Å². The summed E-state index contributed by atoms with van der Waals surface area (Å²) in [6.45, 7) is 4.32. The first-order valence-electron chi connectivity index (χ1n) is 10.5. The zero-order valence-electron chi connectivity index (χ0n) is 19.4. The molecule has 8 nitrogen and oxygen atoms in total. The third-order valence-corrected chi connectivity index (χ3v) is 6.12. The van der Waals surface area contributed by atoms with Gasteiger partial charge in [0.1, 0.15) is 25.0 Å². The van der Waals surface area contributed by atoms with Gasteiger partial charge in [-0.3, -0.25) is 4.72 Å². The second-order valence-electron chi connectivity index (χ2n) is 8.14. The standard InChI is InChI=1S/C24H24Cl2N4O4S/c1-24(2,17-12-16(14-27)22(20(26)13-17)33-11-9-25)19-6-4-5-7-21(19)34-15-18-8-10-28-23(29-18)30-35(3,31)32/h4-8,10,12-13H,9,11,15H2,1-3H3,(H,28,29,30). The van der Waals surface area contributed by atoms with Gasteiger partial charge in [0.15, 0.2) is 5.75 Å². The van der Waals surface area contributed by atoms with E-state index >= 15 is 0 Å². The van der Waals surface area contributed by atoms with Crippen molar-refractivity contribution in [2.24, 2.45) is 0 Å². The summed E-state index contributed by atoms with van der Waals surface area (Å²) in [5.74, 6) is 1.15. The van der Waals surface area contributed by atoms with E-state index in [-0.39, 0.29) is 25.0 Å². The van der Waals surface area contributed by atoms with Gasteiger partial charge in [-0.2, -0.15) is 5.26 Å². The van der Waals surface area contributed by atoms with Crippen molar-refractivity contribution in [2.45, 2.75) is 25.9 Å². The fourth-order valence-corrected chi connectivity index (χ4v) is 4.21. The lowest BCUT2D eigenvalue weighted by molar-refractivity contribution is 0.294. The molecule has 1 aromatic heterocycles. The van der Waals surface area contributed by atoms with Gasteiger partial charge >= 0.3 is 0 Å². The SMILES string of the molecule is CC(C)(c1cc(Cl)c(OCCCl)c(C#N)c1)c1ccccc1OCc1ccnc(NS(C)(=O)=O)n1. The maximum absolute atomic E-state index is 11.5. The van der Waals surface area contributed by atoms with Gasteiger partial charge in [0, 0.05) is 17.2 Å². The third-order valence-electron chi connectivity index (χ3n) is 5.14. The molecular formula is C24H24Cl2N4O4S. The van der Waals surface area contributed by atoms with Gasteiger partial charge in [0.05, 0.1) is 28.4 Å². The number of hydrogen-bond donors (Lipinski definition) is 1. The van der Waals surface area contributed by atoms with Crippen molar-refractivity contribution in [2.75, 3.05) is 23.5 Å². The second kappa shape index (κ2) is 11.1. The normalized spacial score (nSPS) is 11.5. The molecule has 0 radical (unpaired) electrons. The number of para-hydroxylation sites is 1. The summed E-state index contributed by atoms with van der Waals surface area (Å²) in [6.07, 6.45) is 2.48. The molecule has 0 unspecified atom stereocenters. The number of aromatic nitrogens is 2. The maximum Gasteiger partial charge on any atom is 0.236 e. The number of halogens is 2. The lowest BCUT2D eigenvalue weighted by atomic mass is 9.77. The fraction of sp³-hybridized carbons (Fsp3) is 0.292. The summed E-state index contributed by atoms with van der Waals surface area (Å²) in [4.78, 5) is 8.10. The Balaban J connectivity index is 1.90. The lowest BCUT2D eigenvalue weighted by Gasteiger charge is -2.29. The molecule has 0 saturated carbocycles. The summed E-state index contributed by atoms with van der Waals surface area (Å²) in [7, 11) is -3.50. The Morgan fingerprint density at radius 2 is 1.91 bits per heavy atom. The number of alkyl halides is 1. The number of nitrogens with one attached hydrogen (secondary N) is 1. The van der Waals surface area contributed by atoms with Gasteiger partial charge in [0.25, 0.3) is 0 Å². The van der Waals surface area contributed by atoms with Gasteiger partial charge in [-0.15, -0.1) is 11.6 Å². The van der Waals surface area contributed by atoms with Crippen LogP contribution in [0.4, 0.5) is 5.95 Å².